The first-order valence-corrected chi connectivity index (χ1v) is 3.77. The van der Waals surface area contributed by atoms with Crippen LogP contribution in [0.4, 0.5) is 5.69 Å². The fraction of sp³-hybridized carbons (Fsp3) is 0. The lowest BCUT2D eigenvalue weighted by atomic mass is 10.2. The van der Waals surface area contributed by atoms with Gasteiger partial charge < -0.3 is 0 Å². The van der Waals surface area contributed by atoms with Crippen LogP contribution in [0, 0.1) is 11.3 Å². The van der Waals surface area contributed by atoms with Gasteiger partial charge in [0, 0.05) is 5.02 Å². The Labute approximate surface area is 80.1 Å². The second-order valence-corrected chi connectivity index (χ2v) is 2.60. The second kappa shape index (κ2) is 4.45. The van der Waals surface area contributed by atoms with Gasteiger partial charge in [0.25, 0.3) is 0 Å². The van der Waals surface area contributed by atoms with Gasteiger partial charge in [-0.25, -0.2) is 4.99 Å². The van der Waals surface area contributed by atoms with E-state index < -0.39 is 0 Å². The zero-order chi connectivity index (χ0) is 9.68. The molecule has 4 nitrogen and oxygen atoms in total. The first kappa shape index (κ1) is 9.52. The molecule has 0 aromatic heterocycles. The smallest absolute Gasteiger partial charge is 0.113 e. The van der Waals surface area contributed by atoms with Crippen molar-refractivity contribution >= 4 is 23.6 Å². The monoisotopic (exact) mass is 195 g/mol. The van der Waals surface area contributed by atoms with Crippen LogP contribution in [0.5, 0.6) is 0 Å². The second-order valence-electron chi connectivity index (χ2n) is 2.16. The summed E-state index contributed by atoms with van der Waals surface area (Å²) in [4.78, 5) is 3.76. The van der Waals surface area contributed by atoms with Crippen molar-refractivity contribution < 1.29 is 5.21 Å². The van der Waals surface area contributed by atoms with Gasteiger partial charge in [-0.15, -0.1) is 0 Å². The van der Waals surface area contributed by atoms with Gasteiger partial charge in [-0.2, -0.15) is 5.26 Å². The molecule has 5 heteroatoms. The maximum atomic E-state index is 8.66. The minimum atomic E-state index is 0.399. The predicted molar refractivity (Wildman–Crippen MR) is 49.2 cm³/mol. The highest BCUT2D eigenvalue weighted by Crippen LogP contribution is 2.22. The third-order valence-electron chi connectivity index (χ3n) is 1.34. The number of hydrogen-bond acceptors (Lipinski definition) is 3. The maximum Gasteiger partial charge on any atom is 0.113 e. The number of rotatable bonds is 2. The molecule has 0 saturated carbocycles. The number of nitrogens with zero attached hydrogens (tertiary/aromatic N) is 2. The molecule has 0 spiro atoms. The van der Waals surface area contributed by atoms with Gasteiger partial charge in [0.1, 0.15) is 12.4 Å². The first-order valence-electron chi connectivity index (χ1n) is 3.39. The highest BCUT2D eigenvalue weighted by atomic mass is 35.5. The van der Waals surface area contributed by atoms with Crippen molar-refractivity contribution in [1.82, 2.24) is 5.48 Å². The van der Waals surface area contributed by atoms with Crippen molar-refractivity contribution in [1.29, 1.82) is 5.26 Å². The Morgan fingerprint density at radius 1 is 1.62 bits per heavy atom. The molecular weight excluding hydrogens is 190 g/mol. The molecule has 0 unspecified atom stereocenters. The molecule has 0 atom stereocenters. The summed E-state index contributed by atoms with van der Waals surface area (Å²) in [5, 5.41) is 17.4. The summed E-state index contributed by atoms with van der Waals surface area (Å²) < 4.78 is 0. The van der Waals surface area contributed by atoms with Gasteiger partial charge in [0.2, 0.25) is 0 Å². The lowest BCUT2D eigenvalue weighted by Gasteiger charge is -1.97. The molecular formula is C8H6ClN3O. The summed E-state index contributed by atoms with van der Waals surface area (Å²) in [5.74, 6) is 0. The number of halogens is 1. The average Bonchev–Trinajstić information content (AvgIpc) is 2.15. The lowest BCUT2D eigenvalue weighted by molar-refractivity contribution is 0.240. The molecule has 1 aromatic carbocycles. The Hall–Kier alpha value is -1.57. The van der Waals surface area contributed by atoms with Crippen molar-refractivity contribution in [2.24, 2.45) is 4.99 Å². The molecule has 0 amide bonds. The van der Waals surface area contributed by atoms with E-state index in [1.165, 1.54) is 6.07 Å². The van der Waals surface area contributed by atoms with Crippen LogP contribution in [0.15, 0.2) is 23.2 Å². The van der Waals surface area contributed by atoms with E-state index in [4.69, 9.17) is 22.1 Å². The molecule has 1 aromatic rings. The molecule has 0 saturated heterocycles. The molecule has 0 bridgehead atoms. The molecule has 13 heavy (non-hydrogen) atoms. The molecule has 1 rings (SSSR count). The zero-order valence-electron chi connectivity index (χ0n) is 6.53. The van der Waals surface area contributed by atoms with Crippen molar-refractivity contribution in [2.75, 3.05) is 0 Å². The molecule has 0 aliphatic heterocycles. The Balaban J connectivity index is 3.10. The Kier molecular flexibility index (Phi) is 3.26. The van der Waals surface area contributed by atoms with Crippen LogP contribution < -0.4 is 5.48 Å². The predicted octanol–water partition coefficient (Wildman–Crippen LogP) is 1.85. The van der Waals surface area contributed by atoms with Gasteiger partial charge in [0.05, 0.1) is 11.3 Å². The number of aliphatic imine (C=N–C) groups is 1. The van der Waals surface area contributed by atoms with E-state index in [1.807, 2.05) is 6.07 Å². The molecule has 2 N–H and O–H groups in total. The number of nitriles is 1. The van der Waals surface area contributed by atoms with E-state index in [0.29, 0.717) is 16.3 Å². The number of benzene rings is 1. The van der Waals surface area contributed by atoms with Crippen LogP contribution in [-0.4, -0.2) is 11.5 Å². The number of nitrogens with one attached hydrogen (secondary N) is 1. The summed E-state index contributed by atoms with van der Waals surface area (Å²) in [7, 11) is 0. The summed E-state index contributed by atoms with van der Waals surface area (Å²) in [5.41, 5.74) is 2.56. The van der Waals surface area contributed by atoms with Gasteiger partial charge >= 0.3 is 0 Å². The van der Waals surface area contributed by atoms with Crippen molar-refractivity contribution in [3.8, 4) is 6.07 Å². The minimum Gasteiger partial charge on any atom is -0.290 e. The van der Waals surface area contributed by atoms with E-state index in [2.05, 4.69) is 4.99 Å². The van der Waals surface area contributed by atoms with Crippen molar-refractivity contribution in [3.63, 3.8) is 0 Å². The number of hydroxylamine groups is 1. The van der Waals surface area contributed by atoms with Gasteiger partial charge in [-0.05, 0) is 18.2 Å². The third kappa shape index (κ3) is 2.44. The summed E-state index contributed by atoms with van der Waals surface area (Å²) in [6.07, 6.45) is 1.06. The quantitative estimate of drug-likeness (QED) is 0.430. The van der Waals surface area contributed by atoms with Gasteiger partial charge in [0.15, 0.2) is 0 Å². The van der Waals surface area contributed by atoms with Crippen LogP contribution >= 0.6 is 11.6 Å². The molecule has 66 valence electrons. The van der Waals surface area contributed by atoms with E-state index in [9.17, 15) is 0 Å². The number of hydrogen-bond donors (Lipinski definition) is 2. The molecule has 0 aliphatic carbocycles. The minimum absolute atomic E-state index is 0.399. The van der Waals surface area contributed by atoms with Crippen molar-refractivity contribution in [2.45, 2.75) is 0 Å². The normalized spacial score (nSPS) is 9.92. The highest BCUT2D eigenvalue weighted by molar-refractivity contribution is 6.30. The van der Waals surface area contributed by atoms with Crippen LogP contribution in [0.3, 0.4) is 0 Å². The largest absolute Gasteiger partial charge is 0.290 e. The van der Waals surface area contributed by atoms with E-state index in [1.54, 1.807) is 17.6 Å². The summed E-state index contributed by atoms with van der Waals surface area (Å²) in [6.45, 7) is 0. The van der Waals surface area contributed by atoms with Crippen LogP contribution in [-0.2, 0) is 0 Å². The van der Waals surface area contributed by atoms with Crippen LogP contribution in [0.2, 0.25) is 5.02 Å². The molecule has 0 aliphatic rings. The van der Waals surface area contributed by atoms with Crippen LogP contribution in [0.1, 0.15) is 5.56 Å². The van der Waals surface area contributed by atoms with E-state index >= 15 is 0 Å². The fourth-order valence-electron chi connectivity index (χ4n) is 0.805. The molecule has 0 heterocycles. The van der Waals surface area contributed by atoms with E-state index in [-0.39, 0.29) is 0 Å². The Morgan fingerprint density at radius 3 is 3.00 bits per heavy atom. The first-order chi connectivity index (χ1) is 6.27. The SMILES string of the molecule is N#Cc1ccc(Cl)cc1N=CNO. The van der Waals surface area contributed by atoms with Gasteiger partial charge in [-0.1, -0.05) is 11.6 Å². The topological polar surface area (TPSA) is 68.4 Å². The van der Waals surface area contributed by atoms with E-state index in [0.717, 1.165) is 6.34 Å². The summed E-state index contributed by atoms with van der Waals surface area (Å²) >= 11 is 5.69. The Morgan fingerprint density at radius 2 is 2.38 bits per heavy atom. The van der Waals surface area contributed by atoms with Crippen LogP contribution in [0.25, 0.3) is 0 Å². The summed E-state index contributed by atoms with van der Waals surface area (Å²) in [6, 6.07) is 6.65. The zero-order valence-corrected chi connectivity index (χ0v) is 7.28. The highest BCUT2D eigenvalue weighted by Gasteiger charge is 1.99. The maximum absolute atomic E-state index is 8.66. The molecule has 0 radical (unpaired) electrons. The molecule has 0 fully saturated rings. The van der Waals surface area contributed by atoms with Crippen molar-refractivity contribution in [3.05, 3.63) is 28.8 Å². The standard InChI is InChI=1S/C8H6ClN3O/c9-7-2-1-6(4-10)8(3-7)11-5-12-13/h1-3,5,13H,(H,11,12). The lowest BCUT2D eigenvalue weighted by Crippen LogP contribution is -2.01. The average molecular weight is 196 g/mol. The third-order valence-corrected chi connectivity index (χ3v) is 1.58. The fourth-order valence-corrected chi connectivity index (χ4v) is 0.971. The Bertz CT molecular complexity index is 370. The van der Waals surface area contributed by atoms with Gasteiger partial charge in [-0.3, -0.25) is 10.7 Å².